The third kappa shape index (κ3) is 4.69. The fourth-order valence-electron chi connectivity index (χ4n) is 3.05. The van der Waals surface area contributed by atoms with Crippen molar-refractivity contribution in [2.24, 2.45) is 0 Å². The zero-order valence-corrected chi connectivity index (χ0v) is 18.1. The molecule has 1 saturated heterocycles. The van der Waals surface area contributed by atoms with E-state index in [-0.39, 0.29) is 33.8 Å². The van der Waals surface area contributed by atoms with E-state index in [1.807, 2.05) is 4.90 Å². The minimum Gasteiger partial charge on any atom is -0.300 e. The molecule has 3 rings (SSSR count). The standard InChI is InChI=1S/C18H20Cl2N2O4S2/c19-16-7-4-8-17(20)18(16)28(25,26)22-11-9-21(10-12-22)13-14-27(23,24)15-5-2-1-3-6-15/h1-8H,9-14H2. The molecule has 1 aliphatic heterocycles. The second-order valence-electron chi connectivity index (χ2n) is 6.43. The summed E-state index contributed by atoms with van der Waals surface area (Å²) in [6, 6.07) is 12.9. The molecule has 152 valence electrons. The lowest BCUT2D eigenvalue weighted by atomic mass is 10.4. The van der Waals surface area contributed by atoms with Crippen molar-refractivity contribution in [3.8, 4) is 0 Å². The zero-order chi connectivity index (χ0) is 20.4. The van der Waals surface area contributed by atoms with Gasteiger partial charge in [-0.25, -0.2) is 16.8 Å². The topological polar surface area (TPSA) is 74.8 Å². The number of hydrogen-bond acceptors (Lipinski definition) is 5. The van der Waals surface area contributed by atoms with Crippen LogP contribution >= 0.6 is 23.2 Å². The Morgan fingerprint density at radius 3 is 1.93 bits per heavy atom. The summed E-state index contributed by atoms with van der Waals surface area (Å²) in [6.07, 6.45) is 0. The first-order chi connectivity index (χ1) is 13.2. The Morgan fingerprint density at radius 1 is 0.786 bits per heavy atom. The summed E-state index contributed by atoms with van der Waals surface area (Å²) in [6.45, 7) is 1.71. The Bertz CT molecular complexity index is 1020. The van der Waals surface area contributed by atoms with Crippen LogP contribution < -0.4 is 0 Å². The van der Waals surface area contributed by atoms with Gasteiger partial charge in [0.05, 0.1) is 20.7 Å². The van der Waals surface area contributed by atoms with Crippen LogP contribution in [-0.4, -0.2) is 64.5 Å². The Hall–Kier alpha value is -1.16. The van der Waals surface area contributed by atoms with Gasteiger partial charge in [0.25, 0.3) is 0 Å². The number of piperazine rings is 1. The fourth-order valence-corrected chi connectivity index (χ4v) is 6.87. The average molecular weight is 463 g/mol. The Kier molecular flexibility index (Phi) is 6.69. The normalized spacial score (nSPS) is 16.9. The van der Waals surface area contributed by atoms with Gasteiger partial charge in [0.2, 0.25) is 10.0 Å². The molecule has 0 saturated carbocycles. The lowest BCUT2D eigenvalue weighted by Crippen LogP contribution is -2.49. The van der Waals surface area contributed by atoms with Crippen LogP contribution in [0.1, 0.15) is 0 Å². The van der Waals surface area contributed by atoms with E-state index < -0.39 is 19.9 Å². The van der Waals surface area contributed by atoms with Crippen molar-refractivity contribution in [1.29, 1.82) is 0 Å². The highest BCUT2D eigenvalue weighted by atomic mass is 35.5. The molecule has 0 aromatic heterocycles. The van der Waals surface area contributed by atoms with E-state index in [4.69, 9.17) is 23.2 Å². The van der Waals surface area contributed by atoms with Crippen molar-refractivity contribution in [1.82, 2.24) is 9.21 Å². The summed E-state index contributed by atoms with van der Waals surface area (Å²) >= 11 is 12.1. The monoisotopic (exact) mass is 462 g/mol. The molecule has 6 nitrogen and oxygen atoms in total. The van der Waals surface area contributed by atoms with Crippen LogP contribution in [0.3, 0.4) is 0 Å². The minimum absolute atomic E-state index is 0.0138. The molecule has 2 aromatic carbocycles. The molecule has 0 unspecified atom stereocenters. The second kappa shape index (κ2) is 8.69. The fraction of sp³-hybridized carbons (Fsp3) is 0.333. The highest BCUT2D eigenvalue weighted by Crippen LogP contribution is 2.31. The van der Waals surface area contributed by atoms with Gasteiger partial charge in [-0.05, 0) is 24.3 Å². The Labute approximate surface area is 175 Å². The van der Waals surface area contributed by atoms with Gasteiger partial charge in [-0.1, -0.05) is 47.5 Å². The van der Waals surface area contributed by atoms with Crippen molar-refractivity contribution in [2.75, 3.05) is 38.5 Å². The van der Waals surface area contributed by atoms with Crippen molar-refractivity contribution >= 4 is 43.1 Å². The molecule has 10 heteroatoms. The van der Waals surface area contributed by atoms with Gasteiger partial charge >= 0.3 is 0 Å². The summed E-state index contributed by atoms with van der Waals surface area (Å²) in [5.41, 5.74) is 0. The van der Waals surface area contributed by atoms with Gasteiger partial charge in [-0.15, -0.1) is 0 Å². The smallest absolute Gasteiger partial charge is 0.246 e. The first kappa shape index (κ1) is 21.5. The molecule has 2 aromatic rings. The highest BCUT2D eigenvalue weighted by Gasteiger charge is 2.32. The highest BCUT2D eigenvalue weighted by molar-refractivity contribution is 7.91. The molecule has 0 spiro atoms. The van der Waals surface area contributed by atoms with Gasteiger partial charge in [0.15, 0.2) is 9.84 Å². The molecule has 0 amide bonds. The summed E-state index contributed by atoms with van der Waals surface area (Å²) in [7, 11) is -7.17. The number of hydrogen-bond donors (Lipinski definition) is 0. The number of nitrogens with zero attached hydrogens (tertiary/aromatic N) is 2. The predicted octanol–water partition coefficient (Wildman–Crippen LogP) is 2.77. The predicted molar refractivity (Wildman–Crippen MR) is 110 cm³/mol. The van der Waals surface area contributed by atoms with Crippen molar-refractivity contribution in [2.45, 2.75) is 9.79 Å². The summed E-state index contributed by atoms with van der Waals surface area (Å²) in [5, 5.41) is 0.174. The third-order valence-electron chi connectivity index (χ3n) is 4.63. The molecule has 0 radical (unpaired) electrons. The van der Waals surface area contributed by atoms with Crippen molar-refractivity contribution in [3.05, 3.63) is 58.6 Å². The summed E-state index contributed by atoms with van der Waals surface area (Å²) in [5.74, 6) is -0.0138. The Morgan fingerprint density at radius 2 is 1.36 bits per heavy atom. The molecule has 1 fully saturated rings. The van der Waals surface area contributed by atoms with Crippen LogP contribution in [0, 0.1) is 0 Å². The minimum atomic E-state index is -3.81. The van der Waals surface area contributed by atoms with Crippen LogP contribution in [0.5, 0.6) is 0 Å². The maximum Gasteiger partial charge on any atom is 0.246 e. The SMILES string of the molecule is O=S(=O)(CCN1CCN(S(=O)(=O)c2c(Cl)cccc2Cl)CC1)c1ccccc1. The third-order valence-corrected chi connectivity index (χ3v) is 9.19. The first-order valence-corrected chi connectivity index (χ1v) is 12.5. The summed E-state index contributed by atoms with van der Waals surface area (Å²) < 4.78 is 51.9. The van der Waals surface area contributed by atoms with E-state index in [2.05, 4.69) is 0 Å². The molecule has 0 N–H and O–H groups in total. The van der Waals surface area contributed by atoms with Crippen LogP contribution in [-0.2, 0) is 19.9 Å². The van der Waals surface area contributed by atoms with Crippen LogP contribution in [0.25, 0.3) is 0 Å². The number of rotatable bonds is 6. The molecule has 1 heterocycles. The Balaban J connectivity index is 1.62. The van der Waals surface area contributed by atoms with E-state index in [9.17, 15) is 16.8 Å². The number of benzene rings is 2. The van der Waals surface area contributed by atoms with E-state index in [1.165, 1.54) is 16.4 Å². The lowest BCUT2D eigenvalue weighted by Gasteiger charge is -2.34. The van der Waals surface area contributed by atoms with E-state index in [0.717, 1.165) is 0 Å². The van der Waals surface area contributed by atoms with Gasteiger partial charge < -0.3 is 0 Å². The van der Waals surface area contributed by atoms with Gasteiger partial charge in [-0.2, -0.15) is 4.31 Å². The van der Waals surface area contributed by atoms with Crippen LogP contribution in [0.2, 0.25) is 10.0 Å². The van der Waals surface area contributed by atoms with Gasteiger partial charge in [0.1, 0.15) is 4.90 Å². The molecule has 28 heavy (non-hydrogen) atoms. The molecule has 0 bridgehead atoms. The van der Waals surface area contributed by atoms with Crippen molar-refractivity contribution in [3.63, 3.8) is 0 Å². The quantitative estimate of drug-likeness (QED) is 0.659. The van der Waals surface area contributed by atoms with Gasteiger partial charge in [0, 0.05) is 32.7 Å². The molecule has 0 aliphatic carbocycles. The largest absolute Gasteiger partial charge is 0.300 e. The number of sulfonamides is 1. The van der Waals surface area contributed by atoms with E-state index >= 15 is 0 Å². The molecule has 0 atom stereocenters. The average Bonchev–Trinajstić information content (AvgIpc) is 2.67. The van der Waals surface area contributed by atoms with Crippen LogP contribution in [0.4, 0.5) is 0 Å². The second-order valence-corrected chi connectivity index (χ2v) is 11.2. The van der Waals surface area contributed by atoms with Gasteiger partial charge in [-0.3, -0.25) is 4.90 Å². The van der Waals surface area contributed by atoms with Crippen molar-refractivity contribution < 1.29 is 16.8 Å². The molecule has 1 aliphatic rings. The first-order valence-electron chi connectivity index (χ1n) is 8.66. The zero-order valence-electron chi connectivity index (χ0n) is 15.0. The molecular weight excluding hydrogens is 443 g/mol. The number of halogens is 2. The van der Waals surface area contributed by atoms with E-state index in [1.54, 1.807) is 36.4 Å². The maximum atomic E-state index is 12.9. The maximum absolute atomic E-state index is 12.9. The van der Waals surface area contributed by atoms with E-state index in [0.29, 0.717) is 24.5 Å². The number of sulfone groups is 1. The molecular formula is C18H20Cl2N2O4S2. The summed E-state index contributed by atoms with van der Waals surface area (Å²) in [4.78, 5) is 2.16. The lowest BCUT2D eigenvalue weighted by molar-refractivity contribution is 0.197. The van der Waals surface area contributed by atoms with Crippen LogP contribution in [0.15, 0.2) is 58.3 Å².